The lowest BCUT2D eigenvalue weighted by Crippen LogP contribution is -2.26. The molecular weight excluding hydrogens is 284 g/mol. The number of hydrogen-bond acceptors (Lipinski definition) is 4. The van der Waals surface area contributed by atoms with Crippen LogP contribution in [0, 0.1) is 11.8 Å². The average molecular weight is 298 g/mol. The fourth-order valence-corrected chi connectivity index (χ4v) is 2.49. The fourth-order valence-electron chi connectivity index (χ4n) is 1.91. The minimum atomic E-state index is -3.78. The predicted octanol–water partition coefficient (Wildman–Crippen LogP) is -0.329. The van der Waals surface area contributed by atoms with E-state index in [0.29, 0.717) is 12.0 Å². The van der Waals surface area contributed by atoms with E-state index in [-0.39, 0.29) is 17.3 Å². The molecule has 0 bridgehead atoms. The molecule has 1 fully saturated rings. The van der Waals surface area contributed by atoms with E-state index >= 15 is 0 Å². The molecule has 1 aromatic carbocycles. The van der Waals surface area contributed by atoms with Gasteiger partial charge in [-0.25, -0.2) is 13.6 Å². The lowest BCUT2D eigenvalue weighted by atomic mass is 10.2. The van der Waals surface area contributed by atoms with Crippen LogP contribution in [0.3, 0.4) is 0 Å². The van der Waals surface area contributed by atoms with Gasteiger partial charge in [0.1, 0.15) is 0 Å². The third kappa shape index (κ3) is 3.34. The van der Waals surface area contributed by atoms with E-state index in [1.807, 2.05) is 0 Å². The molecule has 8 heteroatoms. The highest BCUT2D eigenvalue weighted by atomic mass is 32.2. The van der Waals surface area contributed by atoms with Crippen molar-refractivity contribution < 1.29 is 23.1 Å². The van der Waals surface area contributed by atoms with Crippen molar-refractivity contribution >= 4 is 21.9 Å². The fraction of sp³-hybridized carbons (Fsp3) is 0.333. The van der Waals surface area contributed by atoms with Crippen LogP contribution in [0.4, 0.5) is 0 Å². The molecule has 1 aliphatic carbocycles. The number of sulfonamides is 1. The number of carbonyl (C=O) groups excluding carboxylic acids is 1. The predicted molar refractivity (Wildman–Crippen MR) is 68.9 cm³/mol. The summed E-state index contributed by atoms with van der Waals surface area (Å²) >= 11 is 0. The lowest BCUT2D eigenvalue weighted by molar-refractivity contribution is -0.140. The first-order valence-corrected chi connectivity index (χ1v) is 7.46. The van der Waals surface area contributed by atoms with Crippen LogP contribution in [0.2, 0.25) is 0 Å². The van der Waals surface area contributed by atoms with Gasteiger partial charge in [0.05, 0.1) is 16.7 Å². The summed E-state index contributed by atoms with van der Waals surface area (Å²) in [6.07, 6.45) is 0.346. The molecule has 1 amide bonds. The van der Waals surface area contributed by atoms with Crippen LogP contribution in [0.15, 0.2) is 29.2 Å². The second kappa shape index (κ2) is 5.22. The Kier molecular flexibility index (Phi) is 3.78. The normalized spacial score (nSPS) is 21.2. The topological polar surface area (TPSA) is 127 Å². The summed E-state index contributed by atoms with van der Waals surface area (Å²) in [6, 6.07) is 5.91. The van der Waals surface area contributed by atoms with Gasteiger partial charge in [-0.3, -0.25) is 9.59 Å². The highest BCUT2D eigenvalue weighted by Gasteiger charge is 2.48. The van der Waals surface area contributed by atoms with Crippen molar-refractivity contribution in [2.45, 2.75) is 17.9 Å². The number of rotatable bonds is 5. The van der Waals surface area contributed by atoms with Gasteiger partial charge in [-0.05, 0) is 24.1 Å². The van der Waals surface area contributed by atoms with Gasteiger partial charge in [-0.1, -0.05) is 12.1 Å². The molecule has 0 saturated heterocycles. The van der Waals surface area contributed by atoms with Crippen LogP contribution < -0.4 is 10.5 Å². The standard InChI is InChI=1S/C12H14N2O5S/c13-20(18,19)8-3-1-2-7(4-8)6-14-11(15)9-5-10(9)12(16)17/h1-4,9-10H,5-6H2,(H,14,15)(H,16,17)(H2,13,18,19). The second-order valence-electron chi connectivity index (χ2n) is 4.70. The van der Waals surface area contributed by atoms with Gasteiger partial charge >= 0.3 is 5.97 Å². The Morgan fingerprint density at radius 3 is 2.60 bits per heavy atom. The number of carboxylic acid groups (broad SMARTS) is 1. The van der Waals surface area contributed by atoms with Crippen molar-refractivity contribution in [3.8, 4) is 0 Å². The van der Waals surface area contributed by atoms with Gasteiger partial charge in [0.15, 0.2) is 0 Å². The van der Waals surface area contributed by atoms with Crippen molar-refractivity contribution in [2.24, 2.45) is 17.0 Å². The zero-order valence-electron chi connectivity index (χ0n) is 10.4. The highest BCUT2D eigenvalue weighted by molar-refractivity contribution is 7.89. The number of benzene rings is 1. The number of hydrogen-bond donors (Lipinski definition) is 3. The van der Waals surface area contributed by atoms with E-state index in [4.69, 9.17) is 10.2 Å². The smallest absolute Gasteiger partial charge is 0.307 e. The maximum Gasteiger partial charge on any atom is 0.307 e. The number of carboxylic acids is 1. The molecule has 0 aliphatic heterocycles. The zero-order valence-corrected chi connectivity index (χ0v) is 11.3. The molecule has 0 spiro atoms. The Balaban J connectivity index is 1.95. The Labute approximate surface area is 115 Å². The molecule has 2 rings (SSSR count). The number of amides is 1. The molecule has 4 N–H and O–H groups in total. The first-order chi connectivity index (χ1) is 9.29. The third-order valence-electron chi connectivity index (χ3n) is 3.14. The van der Waals surface area contributed by atoms with Gasteiger partial charge in [0, 0.05) is 6.54 Å². The van der Waals surface area contributed by atoms with E-state index in [1.54, 1.807) is 6.07 Å². The van der Waals surface area contributed by atoms with Crippen molar-refractivity contribution in [1.82, 2.24) is 5.32 Å². The van der Waals surface area contributed by atoms with Crippen molar-refractivity contribution in [1.29, 1.82) is 0 Å². The molecule has 108 valence electrons. The monoisotopic (exact) mass is 298 g/mol. The van der Waals surface area contributed by atoms with E-state index in [1.165, 1.54) is 18.2 Å². The maximum absolute atomic E-state index is 11.7. The SMILES string of the molecule is NS(=O)(=O)c1cccc(CNC(=O)C2CC2C(=O)O)c1. The number of nitrogens with one attached hydrogen (secondary N) is 1. The van der Waals surface area contributed by atoms with Crippen LogP contribution in [0.1, 0.15) is 12.0 Å². The summed E-state index contributed by atoms with van der Waals surface area (Å²) in [6.45, 7) is 0.130. The summed E-state index contributed by atoms with van der Waals surface area (Å²) in [4.78, 5) is 22.3. The summed E-state index contributed by atoms with van der Waals surface area (Å²) in [7, 11) is -3.78. The van der Waals surface area contributed by atoms with Gasteiger partial charge in [0.25, 0.3) is 0 Å². The van der Waals surface area contributed by atoms with E-state index < -0.39 is 27.8 Å². The van der Waals surface area contributed by atoms with Crippen molar-refractivity contribution in [3.63, 3.8) is 0 Å². The molecule has 1 aliphatic rings. The van der Waals surface area contributed by atoms with Crippen molar-refractivity contribution in [3.05, 3.63) is 29.8 Å². The van der Waals surface area contributed by atoms with E-state index in [2.05, 4.69) is 5.32 Å². The Hall–Kier alpha value is -1.93. The van der Waals surface area contributed by atoms with Gasteiger partial charge in [-0.2, -0.15) is 0 Å². The second-order valence-corrected chi connectivity index (χ2v) is 6.26. The van der Waals surface area contributed by atoms with Crippen LogP contribution in [0.25, 0.3) is 0 Å². The van der Waals surface area contributed by atoms with Crippen LogP contribution in [-0.2, 0) is 26.2 Å². The van der Waals surface area contributed by atoms with Gasteiger partial charge < -0.3 is 10.4 Å². The molecule has 1 saturated carbocycles. The molecular formula is C12H14N2O5S. The first kappa shape index (κ1) is 14.5. The Bertz CT molecular complexity index is 656. The number of primary sulfonamides is 1. The molecule has 0 aromatic heterocycles. The maximum atomic E-state index is 11.7. The Morgan fingerprint density at radius 1 is 1.35 bits per heavy atom. The quantitative estimate of drug-likeness (QED) is 0.686. The molecule has 20 heavy (non-hydrogen) atoms. The lowest BCUT2D eigenvalue weighted by Gasteiger charge is -2.06. The molecule has 0 radical (unpaired) electrons. The molecule has 7 nitrogen and oxygen atoms in total. The van der Waals surface area contributed by atoms with Crippen LogP contribution in [-0.4, -0.2) is 25.4 Å². The minimum absolute atomic E-state index is 0.0286. The average Bonchev–Trinajstić information content (AvgIpc) is 3.15. The van der Waals surface area contributed by atoms with E-state index in [9.17, 15) is 18.0 Å². The summed E-state index contributed by atoms with van der Waals surface area (Å²) in [5.74, 6) is -2.40. The summed E-state index contributed by atoms with van der Waals surface area (Å²) < 4.78 is 22.4. The highest BCUT2D eigenvalue weighted by Crippen LogP contribution is 2.38. The van der Waals surface area contributed by atoms with Crippen LogP contribution in [0.5, 0.6) is 0 Å². The van der Waals surface area contributed by atoms with Crippen LogP contribution >= 0.6 is 0 Å². The number of carbonyl (C=O) groups is 2. The van der Waals surface area contributed by atoms with Gasteiger partial charge in [0.2, 0.25) is 15.9 Å². The molecule has 1 aromatic rings. The van der Waals surface area contributed by atoms with Crippen molar-refractivity contribution in [2.75, 3.05) is 0 Å². The third-order valence-corrected chi connectivity index (χ3v) is 4.05. The zero-order chi connectivity index (χ0) is 14.9. The number of aliphatic carboxylic acids is 1. The largest absolute Gasteiger partial charge is 0.481 e. The van der Waals surface area contributed by atoms with E-state index in [0.717, 1.165) is 0 Å². The molecule has 0 heterocycles. The Morgan fingerprint density at radius 2 is 2.05 bits per heavy atom. The first-order valence-electron chi connectivity index (χ1n) is 5.91. The summed E-state index contributed by atoms with van der Waals surface area (Å²) in [5, 5.41) is 16.3. The summed E-state index contributed by atoms with van der Waals surface area (Å²) in [5.41, 5.74) is 0.581. The molecule has 2 unspecified atom stereocenters. The minimum Gasteiger partial charge on any atom is -0.481 e. The molecule has 2 atom stereocenters. The number of nitrogens with two attached hydrogens (primary N) is 1. The van der Waals surface area contributed by atoms with Gasteiger partial charge in [-0.15, -0.1) is 0 Å².